The van der Waals surface area contributed by atoms with Gasteiger partial charge in [-0.1, -0.05) is 6.92 Å². The van der Waals surface area contributed by atoms with Gasteiger partial charge in [-0.3, -0.25) is 0 Å². The van der Waals surface area contributed by atoms with Crippen molar-refractivity contribution in [3.63, 3.8) is 0 Å². The molecule has 2 nitrogen and oxygen atoms in total. The Labute approximate surface area is 67.2 Å². The molecule has 0 saturated carbocycles. The van der Waals surface area contributed by atoms with Crippen LogP contribution in [0.25, 0.3) is 0 Å². The summed E-state index contributed by atoms with van der Waals surface area (Å²) in [7, 11) is 0. The predicted molar refractivity (Wildman–Crippen MR) is 41.9 cm³/mol. The van der Waals surface area contributed by atoms with Crippen molar-refractivity contribution in [2.45, 2.75) is 26.2 Å². The molecular formula is C9H14O2. The molecule has 0 bridgehead atoms. The highest BCUT2D eigenvalue weighted by molar-refractivity contribution is 5.07. The van der Waals surface area contributed by atoms with Crippen LogP contribution in [0.4, 0.5) is 0 Å². The summed E-state index contributed by atoms with van der Waals surface area (Å²) in [4.78, 5) is 0. The third kappa shape index (κ3) is 1.35. The number of hydrogen-bond donors (Lipinski definition) is 0. The van der Waals surface area contributed by atoms with Gasteiger partial charge < -0.3 is 9.47 Å². The molecule has 0 aromatic heterocycles. The second-order valence-corrected chi connectivity index (χ2v) is 3.39. The minimum absolute atomic E-state index is 0.742. The second kappa shape index (κ2) is 2.76. The van der Waals surface area contributed by atoms with Crippen molar-refractivity contribution in [1.29, 1.82) is 0 Å². The monoisotopic (exact) mass is 154 g/mol. The molecule has 0 aromatic rings. The summed E-state index contributed by atoms with van der Waals surface area (Å²) >= 11 is 0. The molecule has 2 rings (SSSR count). The van der Waals surface area contributed by atoms with Crippen molar-refractivity contribution < 1.29 is 9.47 Å². The van der Waals surface area contributed by atoms with Gasteiger partial charge in [-0.15, -0.1) is 0 Å². The van der Waals surface area contributed by atoms with Gasteiger partial charge >= 0.3 is 0 Å². The summed E-state index contributed by atoms with van der Waals surface area (Å²) in [5.74, 6) is 3.01. The SMILES string of the molecule is C[C@@H]1CCC2=C(C1)OCCO2. The zero-order chi connectivity index (χ0) is 7.68. The summed E-state index contributed by atoms with van der Waals surface area (Å²) in [5, 5.41) is 0. The van der Waals surface area contributed by atoms with Gasteiger partial charge in [0.25, 0.3) is 0 Å². The molecule has 1 atom stereocenters. The highest BCUT2D eigenvalue weighted by Gasteiger charge is 2.22. The maximum absolute atomic E-state index is 5.51. The van der Waals surface area contributed by atoms with E-state index in [0.717, 1.165) is 43.5 Å². The van der Waals surface area contributed by atoms with Gasteiger partial charge in [0, 0.05) is 12.8 Å². The standard InChI is InChI=1S/C9H14O2/c1-7-2-3-8-9(6-7)11-5-4-10-8/h7H,2-6H2,1H3/t7-/m1/s1. The average Bonchev–Trinajstić information content (AvgIpc) is 2.04. The fourth-order valence-corrected chi connectivity index (χ4v) is 1.67. The Bertz CT molecular complexity index is 184. The van der Waals surface area contributed by atoms with Crippen LogP contribution in [0.15, 0.2) is 11.5 Å². The van der Waals surface area contributed by atoms with E-state index in [1.807, 2.05) is 0 Å². The topological polar surface area (TPSA) is 18.5 Å². The Balaban J connectivity index is 2.12. The normalized spacial score (nSPS) is 30.5. The summed E-state index contributed by atoms with van der Waals surface area (Å²) in [6, 6.07) is 0. The largest absolute Gasteiger partial charge is 0.491 e. The Kier molecular flexibility index (Phi) is 1.76. The highest BCUT2D eigenvalue weighted by atomic mass is 16.6. The molecule has 1 heterocycles. The molecule has 0 N–H and O–H groups in total. The van der Waals surface area contributed by atoms with Gasteiger partial charge in [0.15, 0.2) is 0 Å². The van der Waals surface area contributed by atoms with E-state index in [4.69, 9.17) is 9.47 Å². The van der Waals surface area contributed by atoms with Crippen LogP contribution in [-0.4, -0.2) is 13.2 Å². The molecule has 0 radical (unpaired) electrons. The predicted octanol–water partition coefficient (Wildman–Crippen LogP) is 2.06. The first-order chi connectivity index (χ1) is 5.36. The lowest BCUT2D eigenvalue weighted by atomic mass is 9.93. The van der Waals surface area contributed by atoms with E-state index in [1.165, 1.54) is 6.42 Å². The Morgan fingerprint density at radius 3 is 2.73 bits per heavy atom. The molecule has 0 fully saturated rings. The van der Waals surface area contributed by atoms with Crippen molar-refractivity contribution in [1.82, 2.24) is 0 Å². The van der Waals surface area contributed by atoms with Crippen molar-refractivity contribution in [2.75, 3.05) is 13.2 Å². The fraction of sp³-hybridized carbons (Fsp3) is 0.778. The summed E-state index contributed by atoms with van der Waals surface area (Å²) in [5.41, 5.74) is 0. The summed E-state index contributed by atoms with van der Waals surface area (Å²) < 4.78 is 11.0. The molecule has 2 heteroatoms. The van der Waals surface area contributed by atoms with Crippen molar-refractivity contribution >= 4 is 0 Å². The average molecular weight is 154 g/mol. The van der Waals surface area contributed by atoms with E-state index < -0.39 is 0 Å². The minimum Gasteiger partial charge on any atom is -0.491 e. The fourth-order valence-electron chi connectivity index (χ4n) is 1.67. The third-order valence-corrected chi connectivity index (χ3v) is 2.34. The van der Waals surface area contributed by atoms with E-state index in [2.05, 4.69) is 6.92 Å². The van der Waals surface area contributed by atoms with Gasteiger partial charge in [0.05, 0.1) is 0 Å². The lowest BCUT2D eigenvalue weighted by Crippen LogP contribution is -2.19. The molecule has 11 heavy (non-hydrogen) atoms. The maximum atomic E-state index is 5.51. The molecular weight excluding hydrogens is 140 g/mol. The molecule has 2 aliphatic rings. The quantitative estimate of drug-likeness (QED) is 0.531. The molecule has 0 unspecified atom stereocenters. The van der Waals surface area contributed by atoms with Crippen LogP contribution in [0.3, 0.4) is 0 Å². The number of rotatable bonds is 0. The lowest BCUT2D eigenvalue weighted by molar-refractivity contribution is 0.0390. The van der Waals surface area contributed by atoms with Crippen LogP contribution >= 0.6 is 0 Å². The van der Waals surface area contributed by atoms with Crippen LogP contribution in [0.1, 0.15) is 26.2 Å². The zero-order valence-corrected chi connectivity index (χ0v) is 6.93. The van der Waals surface area contributed by atoms with E-state index in [0.29, 0.717) is 0 Å². The number of hydrogen-bond acceptors (Lipinski definition) is 2. The van der Waals surface area contributed by atoms with Crippen molar-refractivity contribution in [2.24, 2.45) is 5.92 Å². The first-order valence-electron chi connectivity index (χ1n) is 4.34. The Hall–Kier alpha value is -0.660. The van der Waals surface area contributed by atoms with Gasteiger partial charge in [0.2, 0.25) is 0 Å². The lowest BCUT2D eigenvalue weighted by Gasteiger charge is -2.28. The molecule has 0 amide bonds. The smallest absolute Gasteiger partial charge is 0.134 e. The molecule has 1 aliphatic heterocycles. The van der Waals surface area contributed by atoms with Gasteiger partial charge in [-0.25, -0.2) is 0 Å². The number of ether oxygens (including phenoxy) is 2. The molecule has 0 aromatic carbocycles. The summed E-state index contributed by atoms with van der Waals surface area (Å²) in [6.45, 7) is 3.75. The van der Waals surface area contributed by atoms with Crippen LogP contribution < -0.4 is 0 Å². The number of allylic oxidation sites excluding steroid dienone is 2. The van der Waals surface area contributed by atoms with Crippen LogP contribution in [-0.2, 0) is 9.47 Å². The molecule has 62 valence electrons. The minimum atomic E-state index is 0.742. The van der Waals surface area contributed by atoms with E-state index in [9.17, 15) is 0 Å². The van der Waals surface area contributed by atoms with Crippen molar-refractivity contribution in [3.8, 4) is 0 Å². The van der Waals surface area contributed by atoms with Crippen LogP contribution in [0, 0.1) is 5.92 Å². The maximum Gasteiger partial charge on any atom is 0.134 e. The van der Waals surface area contributed by atoms with E-state index in [-0.39, 0.29) is 0 Å². The van der Waals surface area contributed by atoms with Gasteiger partial charge in [0.1, 0.15) is 24.7 Å². The zero-order valence-electron chi connectivity index (χ0n) is 6.93. The molecule has 1 aliphatic carbocycles. The van der Waals surface area contributed by atoms with Crippen LogP contribution in [0.2, 0.25) is 0 Å². The van der Waals surface area contributed by atoms with Gasteiger partial charge in [-0.05, 0) is 12.3 Å². The van der Waals surface area contributed by atoms with E-state index in [1.54, 1.807) is 0 Å². The van der Waals surface area contributed by atoms with Crippen molar-refractivity contribution in [3.05, 3.63) is 11.5 Å². The highest BCUT2D eigenvalue weighted by Crippen LogP contribution is 2.31. The first kappa shape index (κ1) is 7.01. The Morgan fingerprint density at radius 2 is 1.91 bits per heavy atom. The second-order valence-electron chi connectivity index (χ2n) is 3.39. The van der Waals surface area contributed by atoms with Gasteiger partial charge in [-0.2, -0.15) is 0 Å². The first-order valence-corrected chi connectivity index (χ1v) is 4.34. The van der Waals surface area contributed by atoms with Crippen LogP contribution in [0.5, 0.6) is 0 Å². The third-order valence-electron chi connectivity index (χ3n) is 2.34. The molecule has 0 saturated heterocycles. The molecule has 0 spiro atoms. The van der Waals surface area contributed by atoms with E-state index >= 15 is 0 Å². The summed E-state index contributed by atoms with van der Waals surface area (Å²) in [6.07, 6.45) is 3.41. The Morgan fingerprint density at radius 1 is 1.18 bits per heavy atom.